The lowest BCUT2D eigenvalue weighted by molar-refractivity contribution is 0.389. The Morgan fingerprint density at radius 2 is 1.03 bits per heavy atom. The minimum absolute atomic E-state index is 0.139. The van der Waals surface area contributed by atoms with Crippen LogP contribution in [0.2, 0.25) is 0 Å². The Morgan fingerprint density at radius 3 is 1.55 bits per heavy atom. The highest BCUT2D eigenvalue weighted by atomic mass is 31.1. The van der Waals surface area contributed by atoms with Crippen molar-refractivity contribution in [3.63, 3.8) is 0 Å². The fraction of sp³-hybridized carbons (Fsp3) is 0.143. The van der Waals surface area contributed by atoms with Gasteiger partial charge in [-0.25, -0.2) is 18.1 Å². The second kappa shape index (κ2) is 9.51. The van der Waals surface area contributed by atoms with E-state index in [-0.39, 0.29) is 11.5 Å². The molecule has 2 unspecified atom stereocenters. The van der Waals surface area contributed by atoms with Crippen molar-refractivity contribution in [3.8, 4) is 23.0 Å². The van der Waals surface area contributed by atoms with Crippen LogP contribution in [0.3, 0.4) is 0 Å². The molecule has 148 valence electrons. The number of benzene rings is 3. The van der Waals surface area contributed by atoms with E-state index < -0.39 is 16.5 Å². The SMILES string of the molecule is Cc1cccc(O[P+](=O)Oc2ccc(C)cc2O[P+](=O)Oc2cccc(C)c2)c1. The largest absolute Gasteiger partial charge is 0.805 e. The topological polar surface area (TPSA) is 71.1 Å². The molecule has 0 radical (unpaired) electrons. The van der Waals surface area contributed by atoms with Gasteiger partial charge in [0.2, 0.25) is 11.5 Å². The highest BCUT2D eigenvalue weighted by Crippen LogP contribution is 2.41. The molecule has 0 aromatic heterocycles. The second-order valence-electron chi connectivity index (χ2n) is 6.40. The summed E-state index contributed by atoms with van der Waals surface area (Å²) >= 11 is 0. The zero-order valence-electron chi connectivity index (χ0n) is 16.2. The van der Waals surface area contributed by atoms with Gasteiger partial charge in [0.15, 0.2) is 11.5 Å². The fourth-order valence-electron chi connectivity index (χ4n) is 2.48. The van der Waals surface area contributed by atoms with Gasteiger partial charge < -0.3 is 0 Å². The highest BCUT2D eigenvalue weighted by Gasteiger charge is 2.32. The molecule has 2 atom stereocenters. The summed E-state index contributed by atoms with van der Waals surface area (Å²) in [5, 5.41) is 0. The Labute approximate surface area is 171 Å². The summed E-state index contributed by atoms with van der Waals surface area (Å²) in [5.74, 6) is 1.14. The second-order valence-corrected chi connectivity index (χ2v) is 8.02. The molecule has 3 rings (SSSR count). The van der Waals surface area contributed by atoms with Crippen LogP contribution in [0.1, 0.15) is 16.7 Å². The van der Waals surface area contributed by atoms with Gasteiger partial charge in [0.05, 0.1) is 0 Å². The first-order chi connectivity index (χ1) is 13.9. The van der Waals surface area contributed by atoms with Crippen LogP contribution in [0.15, 0.2) is 66.7 Å². The lowest BCUT2D eigenvalue weighted by atomic mass is 10.2. The summed E-state index contributed by atoms with van der Waals surface area (Å²) in [7, 11) is -5.03. The molecular weight excluding hydrogens is 410 g/mol. The molecule has 0 aliphatic rings. The third-order valence-corrected chi connectivity index (χ3v) is 5.20. The molecule has 3 aromatic carbocycles. The van der Waals surface area contributed by atoms with Gasteiger partial charge >= 0.3 is 16.5 Å². The van der Waals surface area contributed by atoms with Crippen molar-refractivity contribution in [2.75, 3.05) is 0 Å². The zero-order chi connectivity index (χ0) is 20.8. The summed E-state index contributed by atoms with van der Waals surface area (Å²) in [6, 6.07) is 19.2. The van der Waals surface area contributed by atoms with Crippen molar-refractivity contribution in [3.05, 3.63) is 83.4 Å². The summed E-state index contributed by atoms with van der Waals surface area (Å²) in [4.78, 5) is 0. The first-order valence-corrected chi connectivity index (χ1v) is 11.0. The van der Waals surface area contributed by atoms with Gasteiger partial charge in [0.1, 0.15) is 0 Å². The van der Waals surface area contributed by atoms with Crippen LogP contribution in [0, 0.1) is 20.8 Å². The van der Waals surface area contributed by atoms with Crippen molar-refractivity contribution < 1.29 is 27.2 Å². The van der Waals surface area contributed by atoms with Gasteiger partial charge in [-0.1, -0.05) is 30.3 Å². The maximum absolute atomic E-state index is 12.3. The fourth-order valence-corrected chi connectivity index (χ4v) is 3.74. The predicted molar refractivity (Wildman–Crippen MR) is 111 cm³/mol. The van der Waals surface area contributed by atoms with Crippen LogP contribution < -0.4 is 18.1 Å². The van der Waals surface area contributed by atoms with Gasteiger partial charge in [-0.15, -0.1) is 0 Å². The Bertz CT molecular complexity index is 1050. The van der Waals surface area contributed by atoms with E-state index in [4.69, 9.17) is 18.1 Å². The van der Waals surface area contributed by atoms with E-state index in [1.54, 1.807) is 54.6 Å². The number of hydrogen-bond donors (Lipinski definition) is 0. The summed E-state index contributed by atoms with van der Waals surface area (Å²) in [6.45, 7) is 5.64. The van der Waals surface area contributed by atoms with Gasteiger partial charge in [-0.05, 0) is 73.9 Å². The number of hydrogen-bond acceptors (Lipinski definition) is 6. The standard InChI is InChI=1S/C21H20O6P2/c1-15-6-4-8-18(12-15)24-28(22)26-20-11-10-17(3)14-21(20)27-29(23)25-19-9-5-7-16(2)13-19/h4-14H,1-3H3/q+2. The smallest absolute Gasteiger partial charge is 0.222 e. The van der Waals surface area contributed by atoms with Crippen molar-refractivity contribution in [1.29, 1.82) is 0 Å². The van der Waals surface area contributed by atoms with E-state index in [1.165, 1.54) is 0 Å². The molecular formula is C21H20O6P2+2. The van der Waals surface area contributed by atoms with Gasteiger partial charge in [-0.3, -0.25) is 0 Å². The van der Waals surface area contributed by atoms with Crippen LogP contribution in [0.5, 0.6) is 23.0 Å². The molecule has 0 fully saturated rings. The van der Waals surface area contributed by atoms with Crippen LogP contribution in [0.25, 0.3) is 0 Å². The van der Waals surface area contributed by atoms with E-state index in [2.05, 4.69) is 0 Å². The monoisotopic (exact) mass is 430 g/mol. The molecule has 29 heavy (non-hydrogen) atoms. The Balaban J connectivity index is 1.70. The molecule has 0 saturated carbocycles. The maximum atomic E-state index is 12.3. The molecule has 0 N–H and O–H groups in total. The molecule has 0 bridgehead atoms. The highest BCUT2D eigenvalue weighted by molar-refractivity contribution is 7.34. The van der Waals surface area contributed by atoms with Crippen LogP contribution >= 0.6 is 16.5 Å². The molecule has 0 aliphatic carbocycles. The number of aryl methyl sites for hydroxylation is 3. The van der Waals surface area contributed by atoms with E-state index in [0.717, 1.165) is 16.7 Å². The quantitative estimate of drug-likeness (QED) is 0.364. The van der Waals surface area contributed by atoms with Crippen molar-refractivity contribution in [1.82, 2.24) is 0 Å². The Kier molecular flexibility index (Phi) is 6.82. The first-order valence-electron chi connectivity index (χ1n) is 8.79. The van der Waals surface area contributed by atoms with Crippen LogP contribution in [-0.2, 0) is 9.13 Å². The summed E-state index contributed by atoms with van der Waals surface area (Å²) in [6.07, 6.45) is 0. The van der Waals surface area contributed by atoms with Crippen molar-refractivity contribution in [2.24, 2.45) is 0 Å². The average Bonchev–Trinajstić information content (AvgIpc) is 2.64. The van der Waals surface area contributed by atoms with Gasteiger partial charge in [-0.2, -0.15) is 0 Å². The predicted octanol–water partition coefficient (Wildman–Crippen LogP) is 6.84. The summed E-state index contributed by atoms with van der Waals surface area (Å²) < 4.78 is 46.1. The minimum Gasteiger partial charge on any atom is -0.222 e. The van der Waals surface area contributed by atoms with E-state index in [9.17, 15) is 9.13 Å². The molecule has 0 aliphatic heterocycles. The molecule has 6 nitrogen and oxygen atoms in total. The molecule has 0 spiro atoms. The lowest BCUT2D eigenvalue weighted by Crippen LogP contribution is -1.94. The summed E-state index contributed by atoms with van der Waals surface area (Å²) in [5.41, 5.74) is 2.78. The van der Waals surface area contributed by atoms with Gasteiger partial charge in [0.25, 0.3) is 0 Å². The first kappa shape index (κ1) is 20.8. The molecule has 8 heteroatoms. The van der Waals surface area contributed by atoms with Crippen LogP contribution in [0.4, 0.5) is 0 Å². The molecule has 0 amide bonds. The van der Waals surface area contributed by atoms with E-state index in [0.29, 0.717) is 11.5 Å². The van der Waals surface area contributed by atoms with Crippen LogP contribution in [-0.4, -0.2) is 0 Å². The Morgan fingerprint density at radius 1 is 0.552 bits per heavy atom. The third kappa shape index (κ3) is 6.28. The average molecular weight is 430 g/mol. The lowest BCUT2D eigenvalue weighted by Gasteiger charge is -2.01. The zero-order valence-corrected chi connectivity index (χ0v) is 18.0. The molecule has 0 heterocycles. The number of rotatable bonds is 8. The van der Waals surface area contributed by atoms with E-state index in [1.807, 2.05) is 32.9 Å². The normalized spacial score (nSPS) is 11.4. The van der Waals surface area contributed by atoms with Crippen molar-refractivity contribution >= 4 is 16.5 Å². The van der Waals surface area contributed by atoms with Crippen molar-refractivity contribution in [2.45, 2.75) is 20.8 Å². The molecule has 3 aromatic rings. The van der Waals surface area contributed by atoms with E-state index >= 15 is 0 Å². The third-order valence-electron chi connectivity index (χ3n) is 3.78. The molecule has 0 saturated heterocycles. The van der Waals surface area contributed by atoms with Gasteiger partial charge in [0, 0.05) is 9.13 Å². The minimum atomic E-state index is -2.52. The maximum Gasteiger partial charge on any atom is 0.805 e. The Hall–Kier alpha value is -2.94.